The van der Waals surface area contributed by atoms with Gasteiger partial charge in [-0.1, -0.05) is 23.2 Å². The summed E-state index contributed by atoms with van der Waals surface area (Å²) in [5, 5.41) is 3.57. The number of amides is 1. The third-order valence-electron chi connectivity index (χ3n) is 4.67. The van der Waals surface area contributed by atoms with Crippen LogP contribution in [0.4, 0.5) is 5.69 Å². The van der Waals surface area contributed by atoms with Gasteiger partial charge in [-0.25, -0.2) is 17.7 Å². The number of benzene rings is 2. The van der Waals surface area contributed by atoms with Gasteiger partial charge in [0.2, 0.25) is 15.9 Å². The summed E-state index contributed by atoms with van der Waals surface area (Å²) in [6.07, 6.45) is 0.623. The van der Waals surface area contributed by atoms with Gasteiger partial charge < -0.3 is 9.88 Å². The van der Waals surface area contributed by atoms with Crippen molar-refractivity contribution >= 4 is 55.9 Å². The predicted molar refractivity (Wildman–Crippen MR) is 120 cm³/mol. The highest BCUT2D eigenvalue weighted by Crippen LogP contribution is 2.26. The zero-order valence-electron chi connectivity index (χ0n) is 16.8. The zero-order valence-corrected chi connectivity index (χ0v) is 19.1. The van der Waals surface area contributed by atoms with Crippen molar-refractivity contribution in [1.29, 1.82) is 0 Å². The van der Waals surface area contributed by atoms with Gasteiger partial charge in [0.15, 0.2) is 0 Å². The summed E-state index contributed by atoms with van der Waals surface area (Å²) in [7, 11) is -0.569. The zero-order chi connectivity index (χ0) is 22.1. The number of sulfonamides is 1. The minimum atomic E-state index is -3.55. The van der Waals surface area contributed by atoms with Gasteiger partial charge >= 0.3 is 0 Å². The summed E-state index contributed by atoms with van der Waals surface area (Å²) in [6, 6.07) is 9.79. The van der Waals surface area contributed by atoms with Crippen LogP contribution >= 0.6 is 23.2 Å². The summed E-state index contributed by atoms with van der Waals surface area (Å²) in [5.41, 5.74) is 1.98. The van der Waals surface area contributed by atoms with Crippen LogP contribution in [0.25, 0.3) is 11.0 Å². The minimum Gasteiger partial charge on any atom is -0.328 e. The lowest BCUT2D eigenvalue weighted by Crippen LogP contribution is -2.22. The van der Waals surface area contributed by atoms with Crippen LogP contribution in [0.2, 0.25) is 10.0 Å². The number of carbonyl (C=O) groups excluding carboxylic acids is 1. The number of anilines is 1. The Balaban J connectivity index is 1.79. The van der Waals surface area contributed by atoms with Crippen LogP contribution in [-0.4, -0.2) is 42.3 Å². The Morgan fingerprint density at radius 3 is 2.50 bits per heavy atom. The van der Waals surface area contributed by atoms with Gasteiger partial charge in [-0.15, -0.1) is 0 Å². The molecule has 0 aliphatic heterocycles. The van der Waals surface area contributed by atoms with Crippen LogP contribution < -0.4 is 5.32 Å². The van der Waals surface area contributed by atoms with Gasteiger partial charge in [0.1, 0.15) is 5.82 Å². The molecule has 0 spiro atoms. The molecule has 0 saturated heterocycles. The molecule has 0 bridgehead atoms. The second-order valence-corrected chi connectivity index (χ2v) is 9.85. The van der Waals surface area contributed by atoms with Crippen LogP contribution in [0.3, 0.4) is 0 Å². The second-order valence-electron chi connectivity index (χ2n) is 6.89. The molecule has 160 valence electrons. The first-order chi connectivity index (χ1) is 14.1. The number of nitrogens with one attached hydrogen (secondary N) is 1. The lowest BCUT2D eigenvalue weighted by atomic mass is 10.2. The van der Waals surface area contributed by atoms with Gasteiger partial charge in [-0.05, 0) is 43.3 Å². The highest BCUT2D eigenvalue weighted by Gasteiger charge is 2.19. The Morgan fingerprint density at radius 2 is 1.87 bits per heavy atom. The first-order valence-electron chi connectivity index (χ1n) is 9.30. The molecule has 1 N–H and O–H groups in total. The van der Waals surface area contributed by atoms with E-state index < -0.39 is 10.0 Å². The summed E-state index contributed by atoms with van der Waals surface area (Å²) in [5.74, 6) is 0.537. The predicted octanol–water partition coefficient (Wildman–Crippen LogP) is 4.18. The number of hydrogen-bond acceptors (Lipinski definition) is 4. The molecule has 1 amide bonds. The summed E-state index contributed by atoms with van der Waals surface area (Å²) < 4.78 is 27.9. The number of carbonyl (C=O) groups is 1. The molecular weight excluding hydrogens is 447 g/mol. The number of nitrogens with zero attached hydrogens (tertiary/aromatic N) is 3. The van der Waals surface area contributed by atoms with Crippen molar-refractivity contribution in [2.24, 2.45) is 0 Å². The molecule has 0 saturated carbocycles. The third kappa shape index (κ3) is 4.62. The standard InChI is InChI=1S/C20H22Cl2N4O3S/c1-4-26-18-8-6-14(30(28,29)25(2)3)12-17(18)24-19(26)9-10-20(27)23-13-5-7-15(21)16(22)11-13/h5-8,11-12H,4,9-10H2,1-3H3,(H,23,27). The fourth-order valence-corrected chi connectivity index (χ4v) is 4.32. The summed E-state index contributed by atoms with van der Waals surface area (Å²) in [6.45, 7) is 2.63. The molecule has 0 fully saturated rings. The second kappa shape index (κ2) is 8.93. The van der Waals surface area contributed by atoms with Gasteiger partial charge in [-0.2, -0.15) is 0 Å². The van der Waals surface area contributed by atoms with Crippen LogP contribution in [-0.2, 0) is 27.8 Å². The van der Waals surface area contributed by atoms with Gasteiger partial charge in [-0.3, -0.25) is 4.79 Å². The number of rotatable bonds is 7. The van der Waals surface area contributed by atoms with E-state index in [0.717, 1.165) is 11.3 Å². The van der Waals surface area contributed by atoms with E-state index in [1.165, 1.54) is 18.4 Å². The topological polar surface area (TPSA) is 84.3 Å². The molecule has 3 rings (SSSR count). The molecular formula is C20H22Cl2N4O3S. The lowest BCUT2D eigenvalue weighted by molar-refractivity contribution is -0.116. The van der Waals surface area contributed by atoms with E-state index in [4.69, 9.17) is 23.2 Å². The monoisotopic (exact) mass is 468 g/mol. The average molecular weight is 469 g/mol. The summed E-state index contributed by atoms with van der Waals surface area (Å²) in [4.78, 5) is 17.1. The SMILES string of the molecule is CCn1c(CCC(=O)Nc2ccc(Cl)c(Cl)c2)nc2cc(S(=O)(=O)N(C)C)ccc21. The quantitative estimate of drug-likeness (QED) is 0.563. The Kier molecular flexibility index (Phi) is 6.71. The Hall–Kier alpha value is -2.13. The van der Waals surface area contributed by atoms with Gasteiger partial charge in [0.05, 0.1) is 26.0 Å². The largest absolute Gasteiger partial charge is 0.328 e. The highest BCUT2D eigenvalue weighted by atomic mass is 35.5. The normalized spacial score (nSPS) is 11.9. The van der Waals surface area contributed by atoms with E-state index in [2.05, 4.69) is 10.3 Å². The van der Waals surface area contributed by atoms with Crippen molar-refractivity contribution in [2.45, 2.75) is 31.2 Å². The maximum atomic E-state index is 12.4. The number of aryl methyl sites for hydroxylation is 2. The van der Waals surface area contributed by atoms with E-state index in [1.54, 1.807) is 36.4 Å². The van der Waals surface area contributed by atoms with Crippen molar-refractivity contribution in [3.05, 3.63) is 52.3 Å². The van der Waals surface area contributed by atoms with Crippen molar-refractivity contribution in [3.63, 3.8) is 0 Å². The van der Waals surface area contributed by atoms with Crippen molar-refractivity contribution in [2.75, 3.05) is 19.4 Å². The van der Waals surface area contributed by atoms with Gasteiger partial charge in [0.25, 0.3) is 0 Å². The maximum Gasteiger partial charge on any atom is 0.242 e. The minimum absolute atomic E-state index is 0.182. The maximum absolute atomic E-state index is 12.4. The fraction of sp³-hybridized carbons (Fsp3) is 0.300. The molecule has 10 heteroatoms. The van der Waals surface area contributed by atoms with Crippen molar-refractivity contribution < 1.29 is 13.2 Å². The van der Waals surface area contributed by atoms with E-state index in [9.17, 15) is 13.2 Å². The van der Waals surface area contributed by atoms with Gasteiger partial charge in [0, 0.05) is 39.2 Å². The Bertz CT molecular complexity index is 1210. The molecule has 1 aromatic heterocycles. The summed E-state index contributed by atoms with van der Waals surface area (Å²) >= 11 is 11.9. The molecule has 3 aromatic rings. The van der Waals surface area contributed by atoms with Crippen molar-refractivity contribution in [3.8, 4) is 0 Å². The highest BCUT2D eigenvalue weighted by molar-refractivity contribution is 7.89. The molecule has 0 unspecified atom stereocenters. The molecule has 1 heterocycles. The first-order valence-corrected chi connectivity index (χ1v) is 11.5. The van der Waals surface area contributed by atoms with Crippen LogP contribution in [0.1, 0.15) is 19.2 Å². The molecule has 2 aromatic carbocycles. The first kappa shape index (κ1) is 22.6. The Labute approximate surface area is 185 Å². The van der Waals surface area contributed by atoms with Crippen LogP contribution in [0.5, 0.6) is 0 Å². The number of hydrogen-bond donors (Lipinski definition) is 1. The number of aromatic nitrogens is 2. The van der Waals surface area contributed by atoms with Crippen molar-refractivity contribution in [1.82, 2.24) is 13.9 Å². The molecule has 7 nitrogen and oxygen atoms in total. The molecule has 0 atom stereocenters. The fourth-order valence-electron chi connectivity index (χ4n) is 3.10. The Morgan fingerprint density at radius 1 is 1.13 bits per heavy atom. The number of fused-ring (bicyclic) bond motifs is 1. The third-order valence-corrected chi connectivity index (χ3v) is 7.22. The average Bonchev–Trinajstić information content (AvgIpc) is 3.05. The van der Waals surface area contributed by atoms with E-state index in [1.807, 2.05) is 11.5 Å². The lowest BCUT2D eigenvalue weighted by Gasteiger charge is -2.11. The van der Waals surface area contributed by atoms with E-state index in [-0.39, 0.29) is 17.2 Å². The van der Waals surface area contributed by atoms with Crippen LogP contribution in [0.15, 0.2) is 41.3 Å². The molecule has 30 heavy (non-hydrogen) atoms. The van der Waals surface area contributed by atoms with E-state index >= 15 is 0 Å². The molecule has 0 radical (unpaired) electrons. The molecule has 0 aliphatic rings. The van der Waals surface area contributed by atoms with E-state index in [0.29, 0.717) is 34.2 Å². The smallest absolute Gasteiger partial charge is 0.242 e. The number of halogens is 2. The number of imidazole rings is 1. The molecule has 0 aliphatic carbocycles. The van der Waals surface area contributed by atoms with Crippen LogP contribution in [0, 0.1) is 0 Å².